The second kappa shape index (κ2) is 6.25. The van der Waals surface area contributed by atoms with E-state index in [9.17, 15) is 19.7 Å². The minimum absolute atomic E-state index is 0.0369. The first kappa shape index (κ1) is 18.3. The normalized spacial score (nSPS) is 25.3. The van der Waals surface area contributed by atoms with Crippen molar-refractivity contribution in [2.45, 2.75) is 11.8 Å². The van der Waals surface area contributed by atoms with E-state index in [1.807, 2.05) is 48.5 Å². The van der Waals surface area contributed by atoms with Crippen molar-refractivity contribution in [3.63, 3.8) is 0 Å². The van der Waals surface area contributed by atoms with Gasteiger partial charge in [0.1, 0.15) is 5.02 Å². The number of carbonyl (C=O) groups excluding carboxylic acids is 2. The van der Waals surface area contributed by atoms with Crippen LogP contribution in [0.15, 0.2) is 66.7 Å². The van der Waals surface area contributed by atoms with Gasteiger partial charge < -0.3 is 0 Å². The van der Waals surface area contributed by atoms with Crippen LogP contribution < -0.4 is 4.90 Å². The summed E-state index contributed by atoms with van der Waals surface area (Å²) in [6, 6.07) is 20.0. The minimum Gasteiger partial charge on any atom is -0.274 e. The van der Waals surface area contributed by atoms with Crippen LogP contribution in [0.2, 0.25) is 5.02 Å². The molecule has 3 aromatic rings. The molecule has 2 amide bonds. The lowest BCUT2D eigenvalue weighted by atomic mass is 9.55. The topological polar surface area (TPSA) is 80.5 Å². The Hall–Kier alpha value is -3.51. The van der Waals surface area contributed by atoms with Crippen molar-refractivity contribution in [3.05, 3.63) is 104 Å². The van der Waals surface area contributed by atoms with Gasteiger partial charge in [-0.25, -0.2) is 4.90 Å². The highest BCUT2D eigenvalue weighted by molar-refractivity contribution is 6.33. The van der Waals surface area contributed by atoms with Crippen molar-refractivity contribution >= 4 is 34.8 Å². The second-order valence-electron chi connectivity index (χ2n) is 8.17. The van der Waals surface area contributed by atoms with Gasteiger partial charge in [-0.3, -0.25) is 19.7 Å². The third kappa shape index (κ3) is 2.28. The molecule has 4 aliphatic rings. The number of nitrogens with zero attached hydrogens (tertiary/aromatic N) is 2. The number of halogens is 1. The molecule has 2 atom stereocenters. The minimum atomic E-state index is -0.612. The largest absolute Gasteiger partial charge is 0.289 e. The van der Waals surface area contributed by atoms with Gasteiger partial charge in [-0.05, 0) is 34.4 Å². The van der Waals surface area contributed by atoms with E-state index in [0.29, 0.717) is 0 Å². The van der Waals surface area contributed by atoms with E-state index < -0.39 is 16.8 Å². The smallest absolute Gasteiger partial charge is 0.274 e. The van der Waals surface area contributed by atoms with Crippen LogP contribution in [0.1, 0.15) is 34.1 Å². The zero-order valence-corrected chi connectivity index (χ0v) is 16.8. The summed E-state index contributed by atoms with van der Waals surface area (Å²) in [6.45, 7) is 0. The summed E-state index contributed by atoms with van der Waals surface area (Å²) in [5.74, 6) is -2.12. The third-order valence-electron chi connectivity index (χ3n) is 6.83. The number of hydrogen-bond acceptors (Lipinski definition) is 4. The fraction of sp³-hybridized carbons (Fsp3) is 0.167. The van der Waals surface area contributed by atoms with Gasteiger partial charge in [-0.15, -0.1) is 0 Å². The molecule has 152 valence electrons. The molecule has 1 saturated heterocycles. The van der Waals surface area contributed by atoms with Crippen molar-refractivity contribution in [3.8, 4) is 0 Å². The monoisotopic (exact) mass is 430 g/mol. The van der Waals surface area contributed by atoms with Crippen LogP contribution >= 0.6 is 11.6 Å². The predicted molar refractivity (Wildman–Crippen MR) is 114 cm³/mol. The second-order valence-corrected chi connectivity index (χ2v) is 8.58. The van der Waals surface area contributed by atoms with E-state index in [1.54, 1.807) is 0 Å². The Balaban J connectivity index is 1.54. The summed E-state index contributed by atoms with van der Waals surface area (Å²) in [5, 5.41) is 11.3. The molecule has 3 aliphatic carbocycles. The maximum Gasteiger partial charge on any atom is 0.289 e. The first-order valence-corrected chi connectivity index (χ1v) is 10.4. The molecule has 0 radical (unpaired) electrons. The number of anilines is 1. The van der Waals surface area contributed by atoms with Crippen LogP contribution in [0.5, 0.6) is 0 Å². The Labute approximate surface area is 182 Å². The van der Waals surface area contributed by atoms with E-state index >= 15 is 0 Å². The van der Waals surface area contributed by atoms with Crippen LogP contribution in [0.4, 0.5) is 11.4 Å². The average molecular weight is 431 g/mol. The Morgan fingerprint density at radius 1 is 0.774 bits per heavy atom. The van der Waals surface area contributed by atoms with Crippen LogP contribution in [0.25, 0.3) is 0 Å². The molecule has 1 aliphatic heterocycles. The Kier molecular flexibility index (Phi) is 3.68. The number of nitro groups is 1. The van der Waals surface area contributed by atoms with Crippen LogP contribution in [-0.2, 0) is 9.59 Å². The molecule has 3 aromatic carbocycles. The first-order chi connectivity index (χ1) is 15.0. The number of carbonyl (C=O) groups is 2. The van der Waals surface area contributed by atoms with Crippen molar-refractivity contribution in [1.82, 2.24) is 0 Å². The predicted octanol–water partition coefficient (Wildman–Crippen LogP) is 4.64. The zero-order valence-electron chi connectivity index (χ0n) is 16.1. The molecule has 6 nitrogen and oxygen atoms in total. The van der Waals surface area contributed by atoms with E-state index in [0.717, 1.165) is 27.2 Å². The maximum absolute atomic E-state index is 13.6. The summed E-state index contributed by atoms with van der Waals surface area (Å²) in [5.41, 5.74) is 4.18. The zero-order chi connectivity index (χ0) is 21.4. The summed E-state index contributed by atoms with van der Waals surface area (Å²) in [4.78, 5) is 39.1. The van der Waals surface area contributed by atoms with Crippen LogP contribution in [-0.4, -0.2) is 16.7 Å². The van der Waals surface area contributed by atoms with Gasteiger partial charge in [0.2, 0.25) is 11.8 Å². The van der Waals surface area contributed by atoms with Gasteiger partial charge >= 0.3 is 0 Å². The molecule has 0 spiro atoms. The van der Waals surface area contributed by atoms with Crippen molar-refractivity contribution in [2.75, 3.05) is 4.90 Å². The number of amides is 2. The standard InChI is InChI=1S/C24H15ClN2O4/c25-17-10-9-12(11-18(17)27(30)31)26-23(28)21-19-13-5-1-2-6-14(13)20(22(21)24(26)29)16-8-4-3-7-15(16)19/h1-11,19-22H/t19?,20?,21-,22-/m0/s1. The summed E-state index contributed by atoms with van der Waals surface area (Å²) in [7, 11) is 0. The van der Waals surface area contributed by atoms with Crippen LogP contribution in [0.3, 0.4) is 0 Å². The highest BCUT2D eigenvalue weighted by Crippen LogP contribution is 2.61. The Morgan fingerprint density at radius 2 is 1.23 bits per heavy atom. The molecular formula is C24H15ClN2O4. The van der Waals surface area contributed by atoms with Gasteiger partial charge in [0.25, 0.3) is 5.69 Å². The molecular weight excluding hydrogens is 416 g/mol. The van der Waals surface area contributed by atoms with Crippen molar-refractivity contribution in [1.29, 1.82) is 0 Å². The molecule has 7 rings (SSSR count). The Morgan fingerprint density at radius 3 is 1.65 bits per heavy atom. The van der Waals surface area contributed by atoms with Crippen LogP contribution in [0, 0.1) is 22.0 Å². The summed E-state index contributed by atoms with van der Waals surface area (Å²) >= 11 is 5.94. The molecule has 31 heavy (non-hydrogen) atoms. The van der Waals surface area contributed by atoms with Gasteiger partial charge in [0, 0.05) is 17.9 Å². The molecule has 0 aromatic heterocycles. The van der Waals surface area contributed by atoms with E-state index in [2.05, 4.69) is 0 Å². The lowest BCUT2D eigenvalue weighted by Crippen LogP contribution is -2.41. The number of nitro benzene ring substituents is 1. The highest BCUT2D eigenvalue weighted by atomic mass is 35.5. The molecule has 0 unspecified atom stereocenters. The molecule has 2 bridgehead atoms. The summed E-state index contributed by atoms with van der Waals surface area (Å²) < 4.78 is 0. The van der Waals surface area contributed by atoms with E-state index in [1.165, 1.54) is 18.2 Å². The fourth-order valence-corrected chi connectivity index (χ4v) is 5.90. The SMILES string of the molecule is O=C1[C@H]2C3c4ccccc4C(c4ccccc43)[C@@H]2C(=O)N1c1ccc(Cl)c([N+](=O)[O-])c1. The number of benzene rings is 3. The molecule has 0 N–H and O–H groups in total. The lowest BCUT2D eigenvalue weighted by molar-refractivity contribution is -0.384. The van der Waals surface area contributed by atoms with Crippen molar-refractivity contribution in [2.24, 2.45) is 11.8 Å². The van der Waals surface area contributed by atoms with E-state index in [-0.39, 0.29) is 40.0 Å². The number of hydrogen-bond donors (Lipinski definition) is 0. The van der Waals surface area contributed by atoms with E-state index in [4.69, 9.17) is 11.6 Å². The molecule has 0 saturated carbocycles. The molecule has 1 fully saturated rings. The molecule has 1 heterocycles. The van der Waals surface area contributed by atoms with Gasteiger partial charge in [0.05, 0.1) is 22.4 Å². The Bertz CT molecular complexity index is 1200. The highest BCUT2D eigenvalue weighted by Gasteiger charge is 2.61. The van der Waals surface area contributed by atoms with Gasteiger partial charge in [-0.1, -0.05) is 60.1 Å². The van der Waals surface area contributed by atoms with Gasteiger partial charge in [0.15, 0.2) is 0 Å². The average Bonchev–Trinajstić information content (AvgIpc) is 3.05. The summed E-state index contributed by atoms with van der Waals surface area (Å²) in [6.07, 6.45) is 0. The third-order valence-corrected chi connectivity index (χ3v) is 7.15. The van der Waals surface area contributed by atoms with Gasteiger partial charge in [-0.2, -0.15) is 0 Å². The molecule has 7 heteroatoms. The first-order valence-electron chi connectivity index (χ1n) is 9.98. The quantitative estimate of drug-likeness (QED) is 0.337. The lowest BCUT2D eigenvalue weighted by Gasteiger charge is -2.45. The maximum atomic E-state index is 13.6. The fourth-order valence-electron chi connectivity index (χ4n) is 5.71. The number of rotatable bonds is 2. The van der Waals surface area contributed by atoms with Crippen molar-refractivity contribution < 1.29 is 14.5 Å². The number of imide groups is 1.